The van der Waals surface area contributed by atoms with Gasteiger partial charge in [-0.05, 0) is 60.2 Å². The van der Waals surface area contributed by atoms with Crippen LogP contribution < -0.4 is 4.74 Å². The second kappa shape index (κ2) is 9.88. The summed E-state index contributed by atoms with van der Waals surface area (Å²) in [6, 6.07) is 14.3. The molecule has 1 aliphatic rings. The number of benzene rings is 4. The van der Waals surface area contributed by atoms with Crippen molar-refractivity contribution in [2.75, 3.05) is 7.11 Å². The van der Waals surface area contributed by atoms with E-state index >= 15 is 0 Å². The van der Waals surface area contributed by atoms with Crippen LogP contribution in [-0.4, -0.2) is 22.9 Å². The average molecular weight is 585 g/mol. The van der Waals surface area contributed by atoms with Crippen molar-refractivity contribution in [2.45, 2.75) is 19.3 Å². The first-order chi connectivity index (χ1) is 19.5. The topological polar surface area (TPSA) is 55.6 Å². The van der Waals surface area contributed by atoms with Crippen LogP contribution in [0.4, 0.5) is 22.0 Å². The minimum atomic E-state index is -4.81. The number of carbonyl (C=O) groups is 1. The lowest BCUT2D eigenvalue weighted by molar-refractivity contribution is -0.137. The predicted octanol–water partition coefficient (Wildman–Crippen LogP) is 8.28. The Hall–Kier alpha value is -4.44. The van der Waals surface area contributed by atoms with Crippen LogP contribution in [0.3, 0.4) is 0 Å². The average Bonchev–Trinajstić information content (AvgIpc) is 3.51. The number of amides is 1. The van der Waals surface area contributed by atoms with Gasteiger partial charge in [0.2, 0.25) is 5.89 Å². The summed E-state index contributed by atoms with van der Waals surface area (Å²) in [4.78, 5) is 19.5. The number of alkyl halides is 3. The Kier molecular flexibility index (Phi) is 6.45. The van der Waals surface area contributed by atoms with E-state index in [0.717, 1.165) is 29.8 Å². The maximum Gasteiger partial charge on any atom is 0.416 e. The molecule has 11 heteroatoms. The summed E-state index contributed by atoms with van der Waals surface area (Å²) in [6.45, 7) is 0.370. The van der Waals surface area contributed by atoms with Gasteiger partial charge in [-0.15, -0.1) is 0 Å². The van der Waals surface area contributed by atoms with Gasteiger partial charge >= 0.3 is 6.18 Å². The number of carbonyl (C=O) groups excluding carboxylic acids is 1. The molecule has 5 aromatic rings. The molecular weight excluding hydrogens is 567 g/mol. The molecule has 0 atom stereocenters. The van der Waals surface area contributed by atoms with Crippen LogP contribution in [0.25, 0.3) is 33.7 Å². The van der Waals surface area contributed by atoms with Crippen LogP contribution in [0, 0.1) is 11.6 Å². The molecule has 208 valence electrons. The molecule has 0 saturated carbocycles. The van der Waals surface area contributed by atoms with Crippen molar-refractivity contribution in [1.29, 1.82) is 0 Å². The van der Waals surface area contributed by atoms with Crippen LogP contribution in [0.5, 0.6) is 5.75 Å². The van der Waals surface area contributed by atoms with Gasteiger partial charge in [-0.2, -0.15) is 13.2 Å². The molecule has 0 aliphatic carbocycles. The summed E-state index contributed by atoms with van der Waals surface area (Å²) in [5, 5.41) is 0.149. The third-order valence-electron chi connectivity index (χ3n) is 6.86. The Balaban J connectivity index is 1.52. The zero-order valence-electron chi connectivity index (χ0n) is 21.2. The third kappa shape index (κ3) is 4.88. The number of aromatic nitrogens is 1. The first-order valence-corrected chi connectivity index (χ1v) is 12.6. The molecule has 41 heavy (non-hydrogen) atoms. The highest BCUT2D eigenvalue weighted by atomic mass is 35.5. The van der Waals surface area contributed by atoms with Gasteiger partial charge in [0, 0.05) is 45.9 Å². The molecule has 0 fully saturated rings. The van der Waals surface area contributed by atoms with Gasteiger partial charge in [0.1, 0.15) is 22.9 Å². The molecule has 1 aliphatic heterocycles. The lowest BCUT2D eigenvalue weighted by atomic mass is 9.98. The Bertz CT molecular complexity index is 1830. The first-order valence-electron chi connectivity index (χ1n) is 12.2. The van der Waals surface area contributed by atoms with E-state index in [4.69, 9.17) is 20.8 Å². The van der Waals surface area contributed by atoms with Crippen molar-refractivity contribution in [3.8, 4) is 28.3 Å². The number of oxazole rings is 1. The highest BCUT2D eigenvalue weighted by Crippen LogP contribution is 2.42. The van der Waals surface area contributed by atoms with Gasteiger partial charge in [0.25, 0.3) is 5.91 Å². The Morgan fingerprint density at radius 3 is 2.41 bits per heavy atom. The van der Waals surface area contributed by atoms with E-state index in [-0.39, 0.29) is 63.3 Å². The van der Waals surface area contributed by atoms with Crippen LogP contribution in [0.2, 0.25) is 5.02 Å². The van der Waals surface area contributed by atoms with Crippen molar-refractivity contribution in [2.24, 2.45) is 0 Å². The van der Waals surface area contributed by atoms with E-state index in [9.17, 15) is 26.7 Å². The molecule has 0 unspecified atom stereocenters. The highest BCUT2D eigenvalue weighted by Gasteiger charge is 2.34. The Labute approximate surface area is 234 Å². The van der Waals surface area contributed by atoms with Crippen LogP contribution >= 0.6 is 11.6 Å². The molecule has 0 bridgehead atoms. The normalized spacial score (nSPS) is 13.2. The molecule has 4 aromatic carbocycles. The second-order valence-corrected chi connectivity index (χ2v) is 9.91. The lowest BCUT2D eigenvalue weighted by Gasteiger charge is -2.15. The number of halogens is 6. The maximum atomic E-state index is 14.3. The predicted molar refractivity (Wildman–Crippen MR) is 141 cm³/mol. The highest BCUT2D eigenvalue weighted by molar-refractivity contribution is 6.33. The van der Waals surface area contributed by atoms with E-state index < -0.39 is 23.4 Å². The molecule has 6 rings (SSSR count). The van der Waals surface area contributed by atoms with Gasteiger partial charge < -0.3 is 14.1 Å². The van der Waals surface area contributed by atoms with Gasteiger partial charge in [-0.3, -0.25) is 4.79 Å². The number of ether oxygens (including phenoxy) is 1. The molecule has 1 amide bonds. The number of methoxy groups -OCH3 is 1. The molecular formula is C30H18ClF5N2O3. The van der Waals surface area contributed by atoms with Crippen LogP contribution in [0.15, 0.2) is 71.1 Å². The van der Waals surface area contributed by atoms with Crippen LogP contribution in [-0.2, 0) is 19.3 Å². The van der Waals surface area contributed by atoms with E-state index in [0.29, 0.717) is 17.4 Å². The maximum absolute atomic E-state index is 14.3. The van der Waals surface area contributed by atoms with Gasteiger partial charge in [0.15, 0.2) is 5.58 Å². The van der Waals surface area contributed by atoms with E-state index in [1.165, 1.54) is 12.1 Å². The largest absolute Gasteiger partial charge is 0.497 e. The molecule has 0 N–H and O–H groups in total. The Morgan fingerprint density at radius 1 is 0.951 bits per heavy atom. The molecule has 0 saturated heterocycles. The van der Waals surface area contributed by atoms with Crippen molar-refractivity contribution < 1.29 is 35.9 Å². The van der Waals surface area contributed by atoms with Gasteiger partial charge in [-0.1, -0.05) is 23.7 Å². The first kappa shape index (κ1) is 26.8. The molecule has 0 spiro atoms. The number of fused-ring (bicyclic) bond motifs is 3. The summed E-state index contributed by atoms with van der Waals surface area (Å²) in [6.07, 6.45) is -4.81. The summed E-state index contributed by atoms with van der Waals surface area (Å²) >= 11 is 6.39. The number of hydrogen-bond donors (Lipinski definition) is 0. The minimum Gasteiger partial charge on any atom is -0.497 e. The van der Waals surface area contributed by atoms with Crippen molar-refractivity contribution in [1.82, 2.24) is 9.88 Å². The van der Waals surface area contributed by atoms with Gasteiger partial charge in [0.05, 0.1) is 12.7 Å². The van der Waals surface area contributed by atoms with Crippen molar-refractivity contribution in [3.05, 3.63) is 106 Å². The second-order valence-electron chi connectivity index (χ2n) is 9.51. The van der Waals surface area contributed by atoms with Crippen LogP contribution in [0.1, 0.15) is 27.0 Å². The number of nitrogens with zero attached hydrogens (tertiary/aromatic N) is 2. The van der Waals surface area contributed by atoms with Crippen molar-refractivity contribution in [3.63, 3.8) is 0 Å². The van der Waals surface area contributed by atoms with Gasteiger partial charge in [-0.25, -0.2) is 13.8 Å². The van der Waals surface area contributed by atoms with E-state index in [1.54, 1.807) is 24.1 Å². The fourth-order valence-electron chi connectivity index (χ4n) is 4.90. The fourth-order valence-corrected chi connectivity index (χ4v) is 5.12. The van der Waals surface area contributed by atoms with E-state index in [2.05, 4.69) is 4.98 Å². The zero-order chi connectivity index (χ0) is 29.1. The Morgan fingerprint density at radius 2 is 1.71 bits per heavy atom. The zero-order valence-corrected chi connectivity index (χ0v) is 21.9. The number of hydrogen-bond acceptors (Lipinski definition) is 4. The lowest BCUT2D eigenvalue weighted by Crippen LogP contribution is -2.23. The smallest absolute Gasteiger partial charge is 0.416 e. The quantitative estimate of drug-likeness (QED) is 0.195. The molecule has 1 aromatic heterocycles. The summed E-state index contributed by atoms with van der Waals surface area (Å²) < 4.78 is 79.8. The minimum absolute atomic E-state index is 0.0724. The SMILES string of the molecule is COc1ccc(CN2Cc3c(cc(-c4cc(F)ccc4Cl)c4oc(-c5cc(F)cc(C(F)(F)F)c5)nc34)C2=O)cc1. The third-order valence-corrected chi connectivity index (χ3v) is 7.19. The summed E-state index contributed by atoms with van der Waals surface area (Å²) in [7, 11) is 1.54. The summed E-state index contributed by atoms with van der Waals surface area (Å²) in [5.41, 5.74) is 0.755. The molecule has 0 radical (unpaired) electrons. The number of rotatable bonds is 5. The molecule has 2 heterocycles. The van der Waals surface area contributed by atoms with Crippen molar-refractivity contribution >= 4 is 28.6 Å². The summed E-state index contributed by atoms with van der Waals surface area (Å²) in [5.74, 6) is -1.71. The standard InChI is InChI=1S/C30H18ClF5N2O3/c1-40-20-5-2-15(3-6-20)13-38-14-24-23(29(38)39)12-22(21-11-18(32)4-7-25(21)31)27-26(24)37-28(41-27)16-8-17(30(34,35)36)10-19(33)9-16/h2-12H,13-14H2,1H3. The molecule has 5 nitrogen and oxygen atoms in total. The monoisotopic (exact) mass is 584 g/mol. The van der Waals surface area contributed by atoms with E-state index in [1.807, 2.05) is 12.1 Å². The fraction of sp³-hybridized carbons (Fsp3) is 0.133.